The van der Waals surface area contributed by atoms with Crippen LogP contribution in [0.5, 0.6) is 5.75 Å². The number of halogens is 1. The summed E-state index contributed by atoms with van der Waals surface area (Å²) in [7, 11) is 0. The van der Waals surface area contributed by atoms with E-state index in [4.69, 9.17) is 9.15 Å². The fourth-order valence-corrected chi connectivity index (χ4v) is 4.96. The van der Waals surface area contributed by atoms with Crippen molar-refractivity contribution >= 4 is 38.5 Å². The van der Waals surface area contributed by atoms with E-state index < -0.39 is 6.04 Å². The molecule has 1 amide bonds. The summed E-state index contributed by atoms with van der Waals surface area (Å²) in [5.74, 6) is 0.546. The van der Waals surface area contributed by atoms with Gasteiger partial charge in [0.05, 0.1) is 23.6 Å². The summed E-state index contributed by atoms with van der Waals surface area (Å²) in [6, 6.07) is 18.2. The van der Waals surface area contributed by atoms with Crippen LogP contribution in [-0.2, 0) is 0 Å². The summed E-state index contributed by atoms with van der Waals surface area (Å²) >= 11 is 3.46. The number of rotatable bonds is 7. The average Bonchev–Trinajstić information content (AvgIpc) is 3.16. The van der Waals surface area contributed by atoms with Gasteiger partial charge >= 0.3 is 0 Å². The maximum absolute atomic E-state index is 13.8. The monoisotopic (exact) mass is 545 g/mol. The Morgan fingerprint density at radius 1 is 0.944 bits per heavy atom. The molecule has 0 spiro atoms. The third-order valence-corrected chi connectivity index (χ3v) is 7.33. The highest BCUT2D eigenvalue weighted by Crippen LogP contribution is 2.42. The van der Waals surface area contributed by atoms with Crippen LogP contribution in [0.4, 0.5) is 5.69 Å². The lowest BCUT2D eigenvalue weighted by Gasteiger charge is -2.25. The zero-order valence-corrected chi connectivity index (χ0v) is 22.2. The van der Waals surface area contributed by atoms with E-state index >= 15 is 0 Å². The highest BCUT2D eigenvalue weighted by molar-refractivity contribution is 9.10. The lowest BCUT2D eigenvalue weighted by molar-refractivity contribution is 0.0971. The van der Waals surface area contributed by atoms with Crippen molar-refractivity contribution in [2.75, 3.05) is 11.5 Å². The van der Waals surface area contributed by atoms with Crippen molar-refractivity contribution < 1.29 is 13.9 Å². The Morgan fingerprint density at radius 3 is 2.33 bits per heavy atom. The van der Waals surface area contributed by atoms with Crippen molar-refractivity contribution in [1.82, 2.24) is 0 Å². The number of hydrogen-bond donors (Lipinski definition) is 0. The molecule has 0 aliphatic carbocycles. The molecular formula is C30H28BrNO4. The van der Waals surface area contributed by atoms with E-state index in [0.717, 1.165) is 46.2 Å². The fraction of sp³-hybridized carbons (Fsp3) is 0.267. The minimum Gasteiger partial charge on any atom is -0.494 e. The summed E-state index contributed by atoms with van der Waals surface area (Å²) in [4.78, 5) is 29.2. The van der Waals surface area contributed by atoms with Gasteiger partial charge in [-0.2, -0.15) is 0 Å². The van der Waals surface area contributed by atoms with Crippen molar-refractivity contribution in [2.45, 2.75) is 46.1 Å². The molecule has 0 N–H and O–H groups in total. The molecule has 4 aromatic rings. The fourth-order valence-electron chi connectivity index (χ4n) is 4.70. The highest BCUT2D eigenvalue weighted by Gasteiger charge is 2.43. The van der Waals surface area contributed by atoms with Crippen LogP contribution >= 0.6 is 15.9 Å². The molecule has 1 aromatic heterocycles. The van der Waals surface area contributed by atoms with Gasteiger partial charge in [-0.15, -0.1) is 0 Å². The smallest absolute Gasteiger partial charge is 0.295 e. The first-order valence-electron chi connectivity index (χ1n) is 12.3. The van der Waals surface area contributed by atoms with Gasteiger partial charge in [0.1, 0.15) is 11.3 Å². The molecule has 0 saturated heterocycles. The topological polar surface area (TPSA) is 59.8 Å². The maximum atomic E-state index is 13.8. The van der Waals surface area contributed by atoms with Gasteiger partial charge < -0.3 is 9.15 Å². The second kappa shape index (κ2) is 9.94. The number of aryl methyl sites for hydroxylation is 2. The van der Waals surface area contributed by atoms with Gasteiger partial charge in [0.15, 0.2) is 5.43 Å². The van der Waals surface area contributed by atoms with E-state index in [2.05, 4.69) is 22.9 Å². The first kappa shape index (κ1) is 24.3. The lowest BCUT2D eigenvalue weighted by atomic mass is 9.97. The van der Waals surface area contributed by atoms with Crippen molar-refractivity contribution in [3.63, 3.8) is 0 Å². The molecule has 0 fully saturated rings. The van der Waals surface area contributed by atoms with Crippen LogP contribution in [0.15, 0.2) is 74.3 Å². The standard InChI is InChI=1S/C30H28BrNO4/c1-4-5-6-15-35-23-13-7-20(8-14-23)27-26-28(33)24-16-18(2)19(3)17-25(24)36-29(26)30(34)32(27)22-11-9-21(31)10-12-22/h7-14,16-17,27H,4-6,15H2,1-3H3. The van der Waals surface area contributed by atoms with E-state index in [0.29, 0.717) is 28.8 Å². The quantitative estimate of drug-likeness (QED) is 0.226. The number of carbonyl (C=O) groups excluding carboxylic acids is 1. The Kier molecular flexibility index (Phi) is 6.71. The van der Waals surface area contributed by atoms with Crippen LogP contribution < -0.4 is 15.1 Å². The number of nitrogens with zero attached hydrogens (tertiary/aromatic N) is 1. The van der Waals surface area contributed by atoms with Crippen LogP contribution in [0.1, 0.15) is 65.0 Å². The minimum atomic E-state index is -0.606. The van der Waals surface area contributed by atoms with Crippen LogP contribution in [0.25, 0.3) is 11.0 Å². The number of unbranched alkanes of at least 4 members (excludes halogenated alkanes) is 2. The second-order valence-corrected chi connectivity index (χ2v) is 10.2. The normalized spacial score (nSPS) is 14.9. The molecule has 36 heavy (non-hydrogen) atoms. The molecule has 0 saturated carbocycles. The zero-order valence-electron chi connectivity index (χ0n) is 20.6. The summed E-state index contributed by atoms with van der Waals surface area (Å²) in [6.07, 6.45) is 3.27. The Bertz CT molecular complexity index is 1490. The highest BCUT2D eigenvalue weighted by atomic mass is 79.9. The Morgan fingerprint density at radius 2 is 1.64 bits per heavy atom. The van der Waals surface area contributed by atoms with Gasteiger partial charge in [0.25, 0.3) is 5.91 Å². The van der Waals surface area contributed by atoms with Gasteiger partial charge in [-0.3, -0.25) is 14.5 Å². The van der Waals surface area contributed by atoms with Gasteiger partial charge in [0.2, 0.25) is 5.76 Å². The molecule has 6 heteroatoms. The Balaban J connectivity index is 1.64. The van der Waals surface area contributed by atoms with Gasteiger partial charge in [-0.1, -0.05) is 47.8 Å². The minimum absolute atomic E-state index is 0.101. The van der Waals surface area contributed by atoms with Crippen molar-refractivity contribution in [3.8, 4) is 5.75 Å². The number of ether oxygens (including phenoxy) is 1. The molecule has 1 aliphatic rings. The molecule has 184 valence electrons. The maximum Gasteiger partial charge on any atom is 0.295 e. The van der Waals surface area contributed by atoms with E-state index in [1.165, 1.54) is 0 Å². The predicted molar refractivity (Wildman–Crippen MR) is 146 cm³/mol. The number of carbonyl (C=O) groups is 1. The van der Waals surface area contributed by atoms with E-state index in [1.54, 1.807) is 4.90 Å². The summed E-state index contributed by atoms with van der Waals surface area (Å²) in [5.41, 5.74) is 4.15. The molecular weight excluding hydrogens is 518 g/mol. The average molecular weight is 546 g/mol. The SMILES string of the molecule is CCCCCOc1ccc(C2c3c(oc4cc(C)c(C)cc4c3=O)C(=O)N2c2ccc(Br)cc2)cc1. The predicted octanol–water partition coefficient (Wildman–Crippen LogP) is 7.49. The van der Waals surface area contributed by atoms with E-state index in [1.807, 2.05) is 74.5 Å². The molecule has 3 aromatic carbocycles. The van der Waals surface area contributed by atoms with Crippen LogP contribution in [0, 0.1) is 13.8 Å². The number of hydrogen-bond acceptors (Lipinski definition) is 4. The van der Waals surface area contributed by atoms with Crippen molar-refractivity contribution in [3.05, 3.63) is 103 Å². The van der Waals surface area contributed by atoms with Gasteiger partial charge in [-0.05, 0) is 85.5 Å². The molecule has 5 rings (SSSR count). The third kappa shape index (κ3) is 4.35. The summed E-state index contributed by atoms with van der Waals surface area (Å²) < 4.78 is 12.9. The zero-order chi connectivity index (χ0) is 25.4. The summed E-state index contributed by atoms with van der Waals surface area (Å²) in [5, 5.41) is 0.489. The molecule has 2 heterocycles. The molecule has 1 atom stereocenters. The van der Waals surface area contributed by atoms with E-state index in [9.17, 15) is 9.59 Å². The molecule has 0 bridgehead atoms. The first-order chi connectivity index (χ1) is 17.4. The molecule has 1 unspecified atom stereocenters. The van der Waals surface area contributed by atoms with Gasteiger partial charge in [-0.25, -0.2) is 0 Å². The molecule has 0 radical (unpaired) electrons. The van der Waals surface area contributed by atoms with Crippen molar-refractivity contribution in [1.29, 1.82) is 0 Å². The van der Waals surface area contributed by atoms with Crippen LogP contribution in [0.2, 0.25) is 0 Å². The Labute approximate surface area is 218 Å². The van der Waals surface area contributed by atoms with Crippen LogP contribution in [-0.4, -0.2) is 12.5 Å². The largest absolute Gasteiger partial charge is 0.494 e. The molecule has 5 nitrogen and oxygen atoms in total. The van der Waals surface area contributed by atoms with Gasteiger partial charge in [0, 0.05) is 10.2 Å². The third-order valence-electron chi connectivity index (χ3n) is 6.80. The lowest BCUT2D eigenvalue weighted by Crippen LogP contribution is -2.29. The number of benzene rings is 3. The summed E-state index contributed by atoms with van der Waals surface area (Å²) in [6.45, 7) is 6.76. The Hall–Kier alpha value is -3.38. The van der Waals surface area contributed by atoms with Crippen molar-refractivity contribution in [2.24, 2.45) is 0 Å². The number of amides is 1. The van der Waals surface area contributed by atoms with E-state index in [-0.39, 0.29) is 17.1 Å². The van der Waals surface area contributed by atoms with Crippen LogP contribution in [0.3, 0.4) is 0 Å². The molecule has 1 aliphatic heterocycles. The number of fused-ring (bicyclic) bond motifs is 2. The second-order valence-electron chi connectivity index (χ2n) is 9.29. The number of anilines is 1. The first-order valence-corrected chi connectivity index (χ1v) is 13.1.